The van der Waals surface area contributed by atoms with Gasteiger partial charge >= 0.3 is 11.7 Å². The van der Waals surface area contributed by atoms with E-state index in [0.29, 0.717) is 5.56 Å². The zero-order valence-electron chi connectivity index (χ0n) is 18.0. The van der Waals surface area contributed by atoms with Crippen molar-refractivity contribution >= 4 is 21.4 Å². The molecule has 3 unspecified atom stereocenters. The first-order valence-corrected chi connectivity index (χ1v) is 13.1. The molecule has 2 aromatic rings. The summed E-state index contributed by atoms with van der Waals surface area (Å²) in [6.07, 6.45) is -7.54. The molecule has 1 aliphatic heterocycles. The second kappa shape index (κ2) is 11.0. The maximum Gasteiger partial charge on any atom is 0.330 e. The molecule has 4 N–H and O–H groups in total. The van der Waals surface area contributed by atoms with Gasteiger partial charge < -0.3 is 38.9 Å². The first-order valence-electron chi connectivity index (χ1n) is 9.91. The van der Waals surface area contributed by atoms with Crippen LogP contribution in [-0.4, -0.2) is 61.9 Å². The Bertz CT molecular complexity index is 1390. The van der Waals surface area contributed by atoms with Crippen molar-refractivity contribution in [1.29, 1.82) is 0 Å². The molecule has 36 heavy (non-hydrogen) atoms. The Balaban J connectivity index is 1.76. The van der Waals surface area contributed by atoms with Gasteiger partial charge in [0.15, 0.2) is 13.8 Å². The maximum absolute atomic E-state index is 12.3. The number of carboxylic acid groups (broad SMARTS) is 1. The number of nitrogens with one attached hydrogen (secondary N) is 1. The van der Waals surface area contributed by atoms with Crippen LogP contribution in [0.15, 0.2) is 46.1 Å². The second-order valence-electron chi connectivity index (χ2n) is 7.36. The van der Waals surface area contributed by atoms with Crippen molar-refractivity contribution in [2.45, 2.75) is 24.5 Å². The Kier molecular flexibility index (Phi) is 8.48. The number of benzene rings is 1. The monoisotopic (exact) mass is 544 g/mol. The SMILES string of the molecule is O=C(O)CP(=O)([O-])OP(=O)([O-])OC[C@H]1O[C@@H](n2cc(C#Cc3ccccc3)c(=O)[nH]c2=O)[C@@H](O)C1O. The summed E-state index contributed by atoms with van der Waals surface area (Å²) in [6.45, 7) is -1.07. The van der Waals surface area contributed by atoms with E-state index in [4.69, 9.17) is 9.84 Å². The molecule has 3 rings (SSSR count). The molecule has 0 amide bonds. The number of hydrogen-bond donors (Lipinski definition) is 4. The van der Waals surface area contributed by atoms with Crippen LogP contribution in [0.5, 0.6) is 0 Å². The van der Waals surface area contributed by atoms with Crippen LogP contribution >= 0.6 is 15.4 Å². The molecule has 1 fully saturated rings. The van der Waals surface area contributed by atoms with Gasteiger partial charge in [0.2, 0.25) is 0 Å². The number of ether oxygens (including phenoxy) is 1. The highest BCUT2D eigenvalue weighted by atomic mass is 31.3. The normalized spacial score (nSPS) is 24.8. The van der Waals surface area contributed by atoms with Crippen LogP contribution in [-0.2, 0) is 27.5 Å². The molecule has 1 aromatic heterocycles. The van der Waals surface area contributed by atoms with E-state index >= 15 is 0 Å². The Labute approximate surface area is 201 Å². The highest BCUT2D eigenvalue weighted by Gasteiger charge is 2.45. The molecule has 15 nitrogen and oxygen atoms in total. The van der Waals surface area contributed by atoms with E-state index in [9.17, 15) is 43.5 Å². The third kappa shape index (κ3) is 7.08. The summed E-state index contributed by atoms with van der Waals surface area (Å²) in [5, 5.41) is 29.0. The lowest BCUT2D eigenvalue weighted by molar-refractivity contribution is -0.233. The molecule has 1 aliphatic rings. The Morgan fingerprint density at radius 1 is 1.14 bits per heavy atom. The number of nitrogens with zero attached hydrogens (tertiary/aromatic N) is 1. The minimum Gasteiger partial charge on any atom is -0.778 e. The fourth-order valence-electron chi connectivity index (χ4n) is 3.06. The van der Waals surface area contributed by atoms with Crippen LogP contribution in [0.1, 0.15) is 17.4 Å². The minimum absolute atomic E-state index is 0.189. The standard InChI is InChI=1S/C19H20N2O13P2/c22-14(23)10-35(28,29)34-36(30,31)32-9-13-15(24)16(25)18(33-13)21-8-12(17(26)20-19(21)27)7-6-11-4-2-1-3-5-11/h1-5,8,13,15-16,18,24-25H,9-10H2,(H,22,23)(H,28,29)(H,30,31)(H,20,26,27)/p-2/t13-,15?,16+,18-/m1/s1. The van der Waals surface area contributed by atoms with Crippen LogP contribution < -0.4 is 21.0 Å². The number of aliphatic hydroxyl groups excluding tert-OH is 2. The number of H-pyrrole nitrogens is 1. The van der Waals surface area contributed by atoms with Crippen LogP contribution in [0.4, 0.5) is 0 Å². The van der Waals surface area contributed by atoms with Gasteiger partial charge in [0.25, 0.3) is 13.4 Å². The maximum atomic E-state index is 12.3. The molecule has 0 spiro atoms. The van der Waals surface area contributed by atoms with Crippen molar-refractivity contribution in [3.05, 3.63) is 68.5 Å². The number of aliphatic hydroxyl groups is 2. The number of rotatable bonds is 8. The predicted octanol–water partition coefficient (Wildman–Crippen LogP) is -2.30. The molecular formula is C19H18N2O13P2-2. The molecule has 0 aliphatic carbocycles. The van der Waals surface area contributed by atoms with Crippen LogP contribution in [0.2, 0.25) is 0 Å². The molecule has 17 heteroatoms. The smallest absolute Gasteiger partial charge is 0.330 e. The van der Waals surface area contributed by atoms with E-state index < -0.39 is 69.9 Å². The van der Waals surface area contributed by atoms with Gasteiger partial charge in [-0.25, -0.2) is 4.79 Å². The van der Waals surface area contributed by atoms with Gasteiger partial charge in [-0.05, 0) is 12.1 Å². The number of phosphoric acid groups is 1. The average molecular weight is 544 g/mol. The Morgan fingerprint density at radius 3 is 2.44 bits per heavy atom. The van der Waals surface area contributed by atoms with E-state index in [1.165, 1.54) is 0 Å². The largest absolute Gasteiger partial charge is 0.778 e. The van der Waals surface area contributed by atoms with Gasteiger partial charge in [0, 0.05) is 11.8 Å². The summed E-state index contributed by atoms with van der Waals surface area (Å²) in [6, 6.07) is 8.54. The molecule has 0 bridgehead atoms. The molecule has 194 valence electrons. The summed E-state index contributed by atoms with van der Waals surface area (Å²) in [4.78, 5) is 60.1. The number of aromatic amines is 1. The van der Waals surface area contributed by atoms with Crippen molar-refractivity contribution in [2.75, 3.05) is 12.8 Å². The van der Waals surface area contributed by atoms with Crippen molar-refractivity contribution < 1.29 is 52.6 Å². The molecule has 2 heterocycles. The molecule has 0 radical (unpaired) electrons. The first-order chi connectivity index (χ1) is 16.8. The van der Waals surface area contributed by atoms with E-state index in [0.717, 1.165) is 10.8 Å². The summed E-state index contributed by atoms with van der Waals surface area (Å²) in [5.74, 6) is 3.41. The number of aromatic nitrogens is 2. The summed E-state index contributed by atoms with van der Waals surface area (Å²) in [7, 11) is -11.0. The van der Waals surface area contributed by atoms with Crippen LogP contribution in [0.25, 0.3) is 0 Å². The second-order valence-corrected chi connectivity index (χ2v) is 10.7. The molecule has 1 aromatic carbocycles. The third-order valence-corrected chi connectivity index (χ3v) is 7.56. The highest BCUT2D eigenvalue weighted by Crippen LogP contribution is 2.55. The van der Waals surface area contributed by atoms with Crippen molar-refractivity contribution in [3.63, 3.8) is 0 Å². The van der Waals surface area contributed by atoms with Gasteiger partial charge in [-0.2, -0.15) is 0 Å². The number of carbonyl (C=O) groups is 1. The zero-order valence-corrected chi connectivity index (χ0v) is 19.7. The summed E-state index contributed by atoms with van der Waals surface area (Å²) in [5.41, 5.74) is -1.50. The average Bonchev–Trinajstić information content (AvgIpc) is 3.05. The van der Waals surface area contributed by atoms with Crippen LogP contribution in [0, 0.1) is 11.8 Å². The predicted molar refractivity (Wildman–Crippen MR) is 114 cm³/mol. The number of aliphatic carboxylic acids is 1. The van der Waals surface area contributed by atoms with E-state index in [1.54, 1.807) is 30.3 Å². The Hall–Kier alpha value is -2.89. The van der Waals surface area contributed by atoms with E-state index in [-0.39, 0.29) is 5.56 Å². The van der Waals surface area contributed by atoms with E-state index in [1.807, 2.05) is 4.98 Å². The lowest BCUT2D eigenvalue weighted by Gasteiger charge is -2.31. The summed E-state index contributed by atoms with van der Waals surface area (Å²) >= 11 is 0. The van der Waals surface area contributed by atoms with Gasteiger partial charge in [-0.1, -0.05) is 30.0 Å². The van der Waals surface area contributed by atoms with Crippen molar-refractivity contribution in [1.82, 2.24) is 9.55 Å². The zero-order chi connectivity index (χ0) is 26.7. The fraction of sp³-hybridized carbons (Fsp3) is 0.316. The van der Waals surface area contributed by atoms with Crippen LogP contribution in [0.3, 0.4) is 0 Å². The van der Waals surface area contributed by atoms with Gasteiger partial charge in [-0.3, -0.25) is 28.0 Å². The quantitative estimate of drug-likeness (QED) is 0.202. The molecule has 6 atom stereocenters. The lowest BCUT2D eigenvalue weighted by Crippen LogP contribution is -2.38. The highest BCUT2D eigenvalue weighted by molar-refractivity contribution is 7.63. The van der Waals surface area contributed by atoms with Gasteiger partial charge in [-0.15, -0.1) is 0 Å². The number of hydrogen-bond acceptors (Lipinski definition) is 12. The summed E-state index contributed by atoms with van der Waals surface area (Å²) < 4.78 is 37.3. The topological polar surface area (TPSA) is 241 Å². The van der Waals surface area contributed by atoms with Gasteiger partial charge in [0.05, 0.1) is 6.61 Å². The van der Waals surface area contributed by atoms with Gasteiger partial charge in [0.1, 0.15) is 30.0 Å². The first kappa shape index (κ1) is 27.7. The molecule has 0 saturated carbocycles. The third-order valence-electron chi connectivity index (χ3n) is 4.64. The molecular weight excluding hydrogens is 526 g/mol. The fourth-order valence-corrected chi connectivity index (χ4v) is 5.36. The van der Waals surface area contributed by atoms with Crippen molar-refractivity contribution in [2.24, 2.45) is 0 Å². The Morgan fingerprint density at radius 2 is 1.81 bits per heavy atom. The lowest BCUT2D eigenvalue weighted by atomic mass is 10.1. The van der Waals surface area contributed by atoms with Crippen molar-refractivity contribution in [3.8, 4) is 11.8 Å². The number of carboxylic acids is 1. The minimum atomic E-state index is -5.62. The number of phosphoric ester groups is 1. The molecule has 1 saturated heterocycles. The van der Waals surface area contributed by atoms with E-state index in [2.05, 4.69) is 20.7 Å².